The summed E-state index contributed by atoms with van der Waals surface area (Å²) >= 11 is 6.07. The van der Waals surface area contributed by atoms with E-state index in [2.05, 4.69) is 13.0 Å². The van der Waals surface area contributed by atoms with Gasteiger partial charge in [0, 0.05) is 5.56 Å². The number of carbonyl (C=O) groups excluding carboxylic acids is 1. The summed E-state index contributed by atoms with van der Waals surface area (Å²) in [6, 6.07) is 7.87. The minimum Gasteiger partial charge on any atom is -0.505 e. The van der Waals surface area contributed by atoms with Crippen molar-refractivity contribution in [2.45, 2.75) is 27.2 Å². The highest BCUT2D eigenvalue weighted by Crippen LogP contribution is 2.39. The Labute approximate surface area is 135 Å². The molecule has 0 bridgehead atoms. The summed E-state index contributed by atoms with van der Waals surface area (Å²) < 4.78 is 4.80. The van der Waals surface area contributed by atoms with Crippen LogP contribution in [0.15, 0.2) is 24.3 Å². The highest BCUT2D eigenvalue weighted by molar-refractivity contribution is 6.33. The summed E-state index contributed by atoms with van der Waals surface area (Å²) in [5, 5.41) is 10.5. The van der Waals surface area contributed by atoms with Crippen molar-refractivity contribution in [3.8, 4) is 16.9 Å². The molecule has 2 aromatic rings. The van der Waals surface area contributed by atoms with Gasteiger partial charge in [-0.1, -0.05) is 36.7 Å². The van der Waals surface area contributed by atoms with Gasteiger partial charge in [0.25, 0.3) is 0 Å². The summed E-state index contributed by atoms with van der Waals surface area (Å²) in [5.41, 5.74) is 4.58. The molecule has 0 atom stereocenters. The van der Waals surface area contributed by atoms with E-state index in [-0.39, 0.29) is 16.3 Å². The predicted molar refractivity (Wildman–Crippen MR) is 88.7 cm³/mol. The number of esters is 1. The monoisotopic (exact) mass is 318 g/mol. The Hall–Kier alpha value is -2.00. The molecule has 2 aromatic carbocycles. The smallest absolute Gasteiger partial charge is 0.342 e. The van der Waals surface area contributed by atoms with E-state index in [0.717, 1.165) is 17.5 Å². The van der Waals surface area contributed by atoms with Crippen LogP contribution >= 0.6 is 11.6 Å². The van der Waals surface area contributed by atoms with Gasteiger partial charge < -0.3 is 9.84 Å². The molecule has 0 amide bonds. The van der Waals surface area contributed by atoms with Crippen molar-refractivity contribution in [3.63, 3.8) is 0 Å². The number of rotatable bonds is 3. The van der Waals surface area contributed by atoms with E-state index < -0.39 is 5.97 Å². The Morgan fingerprint density at radius 1 is 1.18 bits per heavy atom. The molecule has 0 aliphatic heterocycles. The molecule has 4 heteroatoms. The Morgan fingerprint density at radius 2 is 1.86 bits per heavy atom. The SMILES string of the molecule is CCc1ccc(-c2cc(C)c(Cl)c(O)c2C(=O)OC)c(C)c1. The average molecular weight is 319 g/mol. The van der Waals surface area contributed by atoms with Gasteiger partial charge in [-0.2, -0.15) is 0 Å². The van der Waals surface area contributed by atoms with Crippen LogP contribution in [0.25, 0.3) is 11.1 Å². The third-order valence-corrected chi connectivity index (χ3v) is 4.28. The van der Waals surface area contributed by atoms with Gasteiger partial charge in [-0.25, -0.2) is 4.79 Å². The Bertz CT molecular complexity index is 736. The quantitative estimate of drug-likeness (QED) is 0.836. The summed E-state index contributed by atoms with van der Waals surface area (Å²) in [4.78, 5) is 12.1. The number of methoxy groups -OCH3 is 1. The molecule has 0 aliphatic rings. The molecule has 0 heterocycles. The summed E-state index contributed by atoms with van der Waals surface area (Å²) in [6.07, 6.45) is 0.940. The molecule has 0 spiro atoms. The average Bonchev–Trinajstić information content (AvgIpc) is 2.51. The zero-order valence-corrected chi connectivity index (χ0v) is 13.9. The molecule has 0 unspecified atom stereocenters. The third kappa shape index (κ3) is 2.81. The second kappa shape index (κ2) is 6.41. The molecule has 1 N–H and O–H groups in total. The molecule has 0 radical (unpaired) electrons. The van der Waals surface area contributed by atoms with Crippen molar-refractivity contribution in [2.75, 3.05) is 7.11 Å². The number of aryl methyl sites for hydroxylation is 3. The van der Waals surface area contributed by atoms with E-state index in [0.29, 0.717) is 11.1 Å². The molecule has 3 nitrogen and oxygen atoms in total. The highest BCUT2D eigenvalue weighted by Gasteiger charge is 2.23. The first-order valence-electron chi connectivity index (χ1n) is 7.11. The number of carbonyl (C=O) groups is 1. The zero-order chi connectivity index (χ0) is 16.4. The first-order valence-corrected chi connectivity index (χ1v) is 7.48. The number of phenolic OH excluding ortho intramolecular Hbond substituents is 1. The lowest BCUT2D eigenvalue weighted by molar-refractivity contribution is 0.0598. The van der Waals surface area contributed by atoms with E-state index in [1.165, 1.54) is 12.7 Å². The molecule has 0 fully saturated rings. The highest BCUT2D eigenvalue weighted by atomic mass is 35.5. The minimum atomic E-state index is -0.603. The molecule has 2 rings (SSSR count). The number of halogens is 1. The normalized spacial score (nSPS) is 10.6. The van der Waals surface area contributed by atoms with Crippen LogP contribution in [-0.4, -0.2) is 18.2 Å². The summed E-state index contributed by atoms with van der Waals surface area (Å²) in [6.45, 7) is 5.87. The lowest BCUT2D eigenvalue weighted by atomic mass is 9.92. The lowest BCUT2D eigenvalue weighted by Crippen LogP contribution is -2.06. The standard InChI is InChI=1S/C18H19ClO3/c1-5-12-6-7-13(10(2)8-12)14-9-11(3)16(19)17(20)15(14)18(21)22-4/h6-9,20H,5H2,1-4H3. The summed E-state index contributed by atoms with van der Waals surface area (Å²) in [5.74, 6) is -0.837. The second-order valence-corrected chi connectivity index (χ2v) is 5.65. The van der Waals surface area contributed by atoms with Gasteiger partial charge >= 0.3 is 5.97 Å². The van der Waals surface area contributed by atoms with Crippen molar-refractivity contribution >= 4 is 17.6 Å². The van der Waals surface area contributed by atoms with Crippen LogP contribution < -0.4 is 0 Å². The van der Waals surface area contributed by atoms with Crippen molar-refractivity contribution in [1.82, 2.24) is 0 Å². The van der Waals surface area contributed by atoms with Crippen LogP contribution in [0.3, 0.4) is 0 Å². The van der Waals surface area contributed by atoms with Crippen LogP contribution in [-0.2, 0) is 11.2 Å². The number of aromatic hydroxyl groups is 1. The Morgan fingerprint density at radius 3 is 2.41 bits per heavy atom. The molecule has 0 aliphatic carbocycles. The molecule has 116 valence electrons. The minimum absolute atomic E-state index is 0.102. The van der Waals surface area contributed by atoms with Gasteiger partial charge in [-0.05, 0) is 48.6 Å². The zero-order valence-electron chi connectivity index (χ0n) is 13.2. The number of hydrogen-bond acceptors (Lipinski definition) is 3. The largest absolute Gasteiger partial charge is 0.505 e. The van der Waals surface area contributed by atoms with Crippen LogP contribution in [0.4, 0.5) is 0 Å². The molecule has 22 heavy (non-hydrogen) atoms. The van der Waals surface area contributed by atoms with Gasteiger partial charge in [-0.15, -0.1) is 0 Å². The summed E-state index contributed by atoms with van der Waals surface area (Å²) in [7, 11) is 1.28. The van der Waals surface area contributed by atoms with Gasteiger partial charge in [0.15, 0.2) is 0 Å². The number of phenols is 1. The molecule has 0 saturated heterocycles. The first kappa shape index (κ1) is 16.4. The molecular formula is C18H19ClO3. The van der Waals surface area contributed by atoms with Crippen molar-refractivity contribution < 1.29 is 14.6 Å². The first-order chi connectivity index (χ1) is 10.4. The topological polar surface area (TPSA) is 46.5 Å². The number of ether oxygens (including phenoxy) is 1. The third-order valence-electron chi connectivity index (χ3n) is 3.80. The van der Waals surface area contributed by atoms with Crippen LogP contribution in [0, 0.1) is 13.8 Å². The lowest BCUT2D eigenvalue weighted by Gasteiger charge is -2.15. The van der Waals surface area contributed by atoms with Crippen LogP contribution in [0.5, 0.6) is 5.75 Å². The maximum atomic E-state index is 12.1. The van der Waals surface area contributed by atoms with E-state index in [1.807, 2.05) is 25.1 Å². The van der Waals surface area contributed by atoms with Gasteiger partial charge in [0.05, 0.1) is 12.1 Å². The maximum Gasteiger partial charge on any atom is 0.342 e. The van der Waals surface area contributed by atoms with Gasteiger partial charge in [0.1, 0.15) is 11.3 Å². The maximum absolute atomic E-state index is 12.1. The molecule has 0 saturated carbocycles. The molecule has 0 aromatic heterocycles. The Kier molecular flexibility index (Phi) is 4.77. The van der Waals surface area contributed by atoms with E-state index >= 15 is 0 Å². The van der Waals surface area contributed by atoms with Gasteiger partial charge in [-0.3, -0.25) is 0 Å². The fourth-order valence-electron chi connectivity index (χ4n) is 2.55. The number of hydrogen-bond donors (Lipinski definition) is 1. The fourth-order valence-corrected chi connectivity index (χ4v) is 2.69. The fraction of sp³-hybridized carbons (Fsp3) is 0.278. The van der Waals surface area contributed by atoms with Crippen LogP contribution in [0.1, 0.15) is 34.0 Å². The van der Waals surface area contributed by atoms with E-state index in [1.54, 1.807) is 6.92 Å². The van der Waals surface area contributed by atoms with Crippen molar-refractivity contribution in [1.29, 1.82) is 0 Å². The number of benzene rings is 2. The van der Waals surface area contributed by atoms with Gasteiger partial charge in [0.2, 0.25) is 0 Å². The van der Waals surface area contributed by atoms with E-state index in [9.17, 15) is 9.90 Å². The predicted octanol–water partition coefficient (Wildman–Crippen LogP) is 4.68. The second-order valence-electron chi connectivity index (χ2n) is 5.27. The van der Waals surface area contributed by atoms with Crippen LogP contribution in [0.2, 0.25) is 5.02 Å². The van der Waals surface area contributed by atoms with Crippen molar-refractivity contribution in [2.24, 2.45) is 0 Å². The Balaban J connectivity index is 2.77. The molecular weight excluding hydrogens is 300 g/mol. The van der Waals surface area contributed by atoms with Crippen molar-refractivity contribution in [3.05, 3.63) is 51.5 Å². The van der Waals surface area contributed by atoms with E-state index in [4.69, 9.17) is 16.3 Å².